The minimum absolute atomic E-state index is 0.0817. The number of benzene rings is 1. The van der Waals surface area contributed by atoms with Gasteiger partial charge in [-0.25, -0.2) is 4.79 Å². The van der Waals surface area contributed by atoms with Crippen LogP contribution in [0, 0.1) is 5.92 Å². The fraction of sp³-hybridized carbons (Fsp3) is 0.467. The van der Waals surface area contributed by atoms with E-state index in [0.717, 1.165) is 0 Å². The van der Waals surface area contributed by atoms with Gasteiger partial charge < -0.3 is 16.0 Å². The molecule has 5 nitrogen and oxygen atoms in total. The van der Waals surface area contributed by atoms with E-state index < -0.39 is 0 Å². The van der Waals surface area contributed by atoms with Crippen LogP contribution in [-0.4, -0.2) is 25.0 Å². The molecule has 1 aromatic rings. The molecule has 6 heteroatoms. The minimum Gasteiger partial charge on any atom is -0.338 e. The molecule has 1 rings (SSSR count). The maximum atomic E-state index is 11.7. The first-order valence-electron chi connectivity index (χ1n) is 7.04. The molecule has 0 atom stereocenters. The van der Waals surface area contributed by atoms with Gasteiger partial charge in [-0.15, -0.1) is 0 Å². The highest BCUT2D eigenvalue weighted by Crippen LogP contribution is 2.13. The summed E-state index contributed by atoms with van der Waals surface area (Å²) >= 11 is 5.77. The van der Waals surface area contributed by atoms with Gasteiger partial charge in [0.2, 0.25) is 5.91 Å². The summed E-state index contributed by atoms with van der Waals surface area (Å²) in [6, 6.07) is 6.74. The average Bonchev–Trinajstić information content (AvgIpc) is 2.44. The van der Waals surface area contributed by atoms with E-state index in [-0.39, 0.29) is 11.9 Å². The van der Waals surface area contributed by atoms with Crippen LogP contribution >= 0.6 is 11.6 Å². The van der Waals surface area contributed by atoms with Crippen LogP contribution in [0.2, 0.25) is 5.02 Å². The number of hydrogen-bond donors (Lipinski definition) is 3. The van der Waals surface area contributed by atoms with Gasteiger partial charge in [0.1, 0.15) is 0 Å². The van der Waals surface area contributed by atoms with Crippen molar-refractivity contribution in [3.8, 4) is 0 Å². The molecule has 1 aromatic carbocycles. The summed E-state index contributed by atoms with van der Waals surface area (Å²) in [5.41, 5.74) is 0.715. The van der Waals surface area contributed by atoms with Gasteiger partial charge in [0.25, 0.3) is 0 Å². The molecule has 0 aliphatic heterocycles. The van der Waals surface area contributed by atoms with Gasteiger partial charge in [0.05, 0.1) is 0 Å². The number of anilines is 1. The van der Waals surface area contributed by atoms with Crippen LogP contribution in [0.4, 0.5) is 10.5 Å². The number of rotatable bonds is 7. The number of amides is 3. The minimum atomic E-state index is -0.193. The van der Waals surface area contributed by atoms with Crippen molar-refractivity contribution in [1.29, 1.82) is 0 Å². The monoisotopic (exact) mass is 311 g/mol. The third-order valence-corrected chi connectivity index (χ3v) is 2.92. The van der Waals surface area contributed by atoms with Crippen molar-refractivity contribution in [2.24, 2.45) is 5.92 Å². The molecule has 0 bridgehead atoms. The van der Waals surface area contributed by atoms with Gasteiger partial charge in [-0.2, -0.15) is 0 Å². The fourth-order valence-corrected chi connectivity index (χ4v) is 1.69. The fourth-order valence-electron chi connectivity index (χ4n) is 1.57. The molecular formula is C15H22ClN3O2. The predicted molar refractivity (Wildman–Crippen MR) is 85.6 cm³/mol. The first kappa shape index (κ1) is 17.3. The number of carbonyl (C=O) groups excluding carboxylic acids is 2. The first-order valence-corrected chi connectivity index (χ1v) is 7.42. The van der Waals surface area contributed by atoms with Gasteiger partial charge in [0, 0.05) is 30.2 Å². The van der Waals surface area contributed by atoms with E-state index in [0.29, 0.717) is 42.6 Å². The zero-order valence-electron chi connectivity index (χ0n) is 12.4. The van der Waals surface area contributed by atoms with Crippen LogP contribution in [0.25, 0.3) is 0 Å². The van der Waals surface area contributed by atoms with Crippen LogP contribution in [0.5, 0.6) is 0 Å². The Hall–Kier alpha value is -1.75. The molecule has 3 amide bonds. The third-order valence-electron chi connectivity index (χ3n) is 2.67. The highest BCUT2D eigenvalue weighted by Gasteiger charge is 2.04. The number of urea groups is 1. The zero-order chi connectivity index (χ0) is 15.7. The topological polar surface area (TPSA) is 70.2 Å². The largest absolute Gasteiger partial charge is 0.338 e. The molecule has 21 heavy (non-hydrogen) atoms. The lowest BCUT2D eigenvalue weighted by Crippen LogP contribution is -2.38. The summed E-state index contributed by atoms with van der Waals surface area (Å²) in [4.78, 5) is 23.1. The normalized spacial score (nSPS) is 10.3. The summed E-state index contributed by atoms with van der Waals surface area (Å²) in [5, 5.41) is 8.87. The van der Waals surface area contributed by atoms with Gasteiger partial charge >= 0.3 is 6.03 Å². The van der Waals surface area contributed by atoms with Crippen molar-refractivity contribution < 1.29 is 9.59 Å². The van der Waals surface area contributed by atoms with E-state index in [9.17, 15) is 9.59 Å². The molecule has 0 radical (unpaired) electrons. The number of carbonyl (C=O) groups is 2. The summed E-state index contributed by atoms with van der Waals surface area (Å²) in [5.74, 6) is 0.336. The van der Waals surface area contributed by atoms with Crippen molar-refractivity contribution in [3.05, 3.63) is 29.3 Å². The maximum Gasteiger partial charge on any atom is 0.314 e. The molecule has 3 N–H and O–H groups in total. The summed E-state index contributed by atoms with van der Waals surface area (Å²) < 4.78 is 0. The van der Waals surface area contributed by atoms with E-state index >= 15 is 0 Å². The number of halogens is 1. The second-order valence-corrected chi connectivity index (χ2v) is 5.63. The Bertz CT molecular complexity index is 460. The molecule has 0 unspecified atom stereocenters. The standard InChI is InChI=1S/C15H22ClN3O2/c1-11(2)10-18-15(21)17-9-3-4-14(20)19-13-7-5-12(16)6-8-13/h5-8,11H,3-4,9-10H2,1-2H3,(H,19,20)(H2,17,18,21). The Labute approximate surface area is 130 Å². The Morgan fingerprint density at radius 1 is 1.14 bits per heavy atom. The molecule has 0 aliphatic carbocycles. The van der Waals surface area contributed by atoms with Gasteiger partial charge in [-0.05, 0) is 36.6 Å². The molecule has 0 heterocycles. The van der Waals surface area contributed by atoms with Crippen LogP contribution in [0.1, 0.15) is 26.7 Å². The van der Waals surface area contributed by atoms with Gasteiger partial charge in [0.15, 0.2) is 0 Å². The molecule has 0 aliphatic rings. The van der Waals surface area contributed by atoms with Crippen molar-refractivity contribution in [2.75, 3.05) is 18.4 Å². The molecule has 0 saturated carbocycles. The Morgan fingerprint density at radius 3 is 2.43 bits per heavy atom. The van der Waals surface area contributed by atoms with E-state index in [2.05, 4.69) is 16.0 Å². The second-order valence-electron chi connectivity index (χ2n) is 5.19. The molecule has 0 saturated heterocycles. The maximum absolute atomic E-state index is 11.7. The van der Waals surface area contributed by atoms with E-state index in [4.69, 9.17) is 11.6 Å². The van der Waals surface area contributed by atoms with Crippen LogP contribution < -0.4 is 16.0 Å². The molecule has 116 valence electrons. The van der Waals surface area contributed by atoms with Gasteiger partial charge in [-0.1, -0.05) is 25.4 Å². The van der Waals surface area contributed by atoms with Crippen LogP contribution in [-0.2, 0) is 4.79 Å². The second kappa shape index (κ2) is 9.23. The van der Waals surface area contributed by atoms with E-state index in [1.807, 2.05) is 13.8 Å². The molecule has 0 spiro atoms. The highest BCUT2D eigenvalue weighted by molar-refractivity contribution is 6.30. The summed E-state index contributed by atoms with van der Waals surface area (Å²) in [7, 11) is 0. The van der Waals surface area contributed by atoms with Crippen LogP contribution in [0.3, 0.4) is 0 Å². The SMILES string of the molecule is CC(C)CNC(=O)NCCCC(=O)Nc1ccc(Cl)cc1. The van der Waals surface area contributed by atoms with Crippen LogP contribution in [0.15, 0.2) is 24.3 Å². The predicted octanol–water partition coefficient (Wildman–Crippen LogP) is 3.01. The number of nitrogens with one attached hydrogen (secondary N) is 3. The Morgan fingerprint density at radius 2 is 1.81 bits per heavy atom. The van der Waals surface area contributed by atoms with E-state index in [1.54, 1.807) is 24.3 Å². The van der Waals surface area contributed by atoms with Crippen molar-refractivity contribution in [3.63, 3.8) is 0 Å². The Balaban J connectivity index is 2.13. The van der Waals surface area contributed by atoms with Gasteiger partial charge in [-0.3, -0.25) is 4.79 Å². The summed E-state index contributed by atoms with van der Waals surface area (Å²) in [6.07, 6.45) is 0.946. The lowest BCUT2D eigenvalue weighted by Gasteiger charge is -2.09. The molecule has 0 fully saturated rings. The smallest absolute Gasteiger partial charge is 0.314 e. The zero-order valence-corrected chi connectivity index (χ0v) is 13.2. The highest BCUT2D eigenvalue weighted by atomic mass is 35.5. The lowest BCUT2D eigenvalue weighted by molar-refractivity contribution is -0.116. The molecular weight excluding hydrogens is 290 g/mol. The third kappa shape index (κ3) is 8.19. The summed E-state index contributed by atoms with van der Waals surface area (Å²) in [6.45, 7) is 5.17. The van der Waals surface area contributed by atoms with Crippen molar-refractivity contribution in [2.45, 2.75) is 26.7 Å². The Kier molecular flexibility index (Phi) is 7.61. The van der Waals surface area contributed by atoms with E-state index in [1.165, 1.54) is 0 Å². The molecule has 0 aromatic heterocycles. The number of hydrogen-bond acceptors (Lipinski definition) is 2. The van der Waals surface area contributed by atoms with Crippen molar-refractivity contribution in [1.82, 2.24) is 10.6 Å². The van der Waals surface area contributed by atoms with Crippen molar-refractivity contribution >= 4 is 29.2 Å². The average molecular weight is 312 g/mol. The first-order chi connectivity index (χ1) is 9.97. The lowest BCUT2D eigenvalue weighted by atomic mass is 10.2. The quantitative estimate of drug-likeness (QED) is 0.677.